The van der Waals surface area contributed by atoms with Crippen LogP contribution in [0.4, 0.5) is 13.2 Å². The van der Waals surface area contributed by atoms with Crippen LogP contribution in [-0.4, -0.2) is 29.8 Å². The van der Waals surface area contributed by atoms with E-state index < -0.39 is 28.9 Å². The summed E-state index contributed by atoms with van der Waals surface area (Å²) in [6.07, 6.45) is 2.56. The fourth-order valence-electron chi connectivity index (χ4n) is 2.50. The molecule has 6 heteroatoms. The third-order valence-electron chi connectivity index (χ3n) is 3.59. The standard InChI is InChI=1S/C14H15ClF3NO/c15-6-5-9-2-1-7-19(8-9)14(20)10-3-4-11(16)13(18)12(10)17/h3-4,9H,1-2,5-8H2. The lowest BCUT2D eigenvalue weighted by molar-refractivity contribution is 0.0665. The molecule has 0 N–H and O–H groups in total. The Kier molecular flexibility index (Phi) is 4.91. The van der Waals surface area contributed by atoms with Crippen LogP contribution in [0, 0.1) is 23.4 Å². The molecule has 2 nitrogen and oxygen atoms in total. The number of hydrogen-bond acceptors (Lipinski definition) is 1. The highest BCUT2D eigenvalue weighted by molar-refractivity contribution is 6.17. The summed E-state index contributed by atoms with van der Waals surface area (Å²) >= 11 is 5.69. The third-order valence-corrected chi connectivity index (χ3v) is 3.81. The molecule has 110 valence electrons. The van der Waals surface area contributed by atoms with Gasteiger partial charge < -0.3 is 4.90 Å². The average Bonchev–Trinajstić information content (AvgIpc) is 2.45. The van der Waals surface area contributed by atoms with Crippen molar-refractivity contribution in [3.8, 4) is 0 Å². The normalized spacial score (nSPS) is 19.2. The molecule has 1 aromatic carbocycles. The van der Waals surface area contributed by atoms with Gasteiger partial charge in [0, 0.05) is 19.0 Å². The second kappa shape index (κ2) is 6.48. The number of rotatable bonds is 3. The lowest BCUT2D eigenvalue weighted by Crippen LogP contribution is -2.40. The molecule has 0 radical (unpaired) electrons. The molecule has 1 heterocycles. The molecule has 1 aromatic rings. The first kappa shape index (κ1) is 15.2. The molecule has 0 saturated carbocycles. The van der Waals surface area contributed by atoms with Gasteiger partial charge in [-0.15, -0.1) is 11.6 Å². The Morgan fingerprint density at radius 3 is 2.75 bits per heavy atom. The number of carbonyl (C=O) groups excluding carboxylic acids is 1. The number of hydrogen-bond donors (Lipinski definition) is 0. The lowest BCUT2D eigenvalue weighted by atomic mass is 9.95. The zero-order valence-electron chi connectivity index (χ0n) is 10.8. The molecule has 1 aliphatic rings. The maximum Gasteiger partial charge on any atom is 0.256 e. The Labute approximate surface area is 120 Å². The van der Waals surface area contributed by atoms with Gasteiger partial charge in [-0.1, -0.05) is 0 Å². The molecule has 1 unspecified atom stereocenters. The van der Waals surface area contributed by atoms with Crippen molar-refractivity contribution in [2.75, 3.05) is 19.0 Å². The minimum atomic E-state index is -1.61. The first-order valence-corrected chi connectivity index (χ1v) is 7.06. The highest BCUT2D eigenvalue weighted by atomic mass is 35.5. The van der Waals surface area contributed by atoms with Crippen LogP contribution < -0.4 is 0 Å². The van der Waals surface area contributed by atoms with E-state index in [-0.39, 0.29) is 5.92 Å². The number of piperidine rings is 1. The number of amides is 1. The van der Waals surface area contributed by atoms with Gasteiger partial charge in [-0.3, -0.25) is 4.79 Å². The molecule has 0 bridgehead atoms. The lowest BCUT2D eigenvalue weighted by Gasteiger charge is -2.32. The zero-order valence-corrected chi connectivity index (χ0v) is 11.6. The van der Waals surface area contributed by atoms with Crippen molar-refractivity contribution < 1.29 is 18.0 Å². The van der Waals surface area contributed by atoms with Crippen molar-refractivity contribution in [3.63, 3.8) is 0 Å². The largest absolute Gasteiger partial charge is 0.338 e. The quantitative estimate of drug-likeness (QED) is 0.617. The Bertz CT molecular complexity index is 507. The highest BCUT2D eigenvalue weighted by Gasteiger charge is 2.27. The second-order valence-corrected chi connectivity index (χ2v) is 5.34. The van der Waals surface area contributed by atoms with Crippen LogP contribution in [0.25, 0.3) is 0 Å². The molecule has 1 aliphatic heterocycles. The van der Waals surface area contributed by atoms with E-state index in [0.29, 0.717) is 19.0 Å². The zero-order chi connectivity index (χ0) is 14.7. The summed E-state index contributed by atoms with van der Waals surface area (Å²) in [4.78, 5) is 13.7. The van der Waals surface area contributed by atoms with Crippen molar-refractivity contribution >= 4 is 17.5 Å². The maximum atomic E-state index is 13.6. The van der Waals surface area contributed by atoms with Gasteiger partial charge in [0.2, 0.25) is 0 Å². The minimum absolute atomic E-state index is 0.276. The summed E-state index contributed by atoms with van der Waals surface area (Å²) in [5, 5.41) is 0. The van der Waals surface area contributed by atoms with Crippen LogP contribution in [0.1, 0.15) is 29.6 Å². The first-order chi connectivity index (χ1) is 9.54. The highest BCUT2D eigenvalue weighted by Crippen LogP contribution is 2.23. The SMILES string of the molecule is O=C(c1ccc(F)c(F)c1F)N1CCCC(CCCl)C1. The monoisotopic (exact) mass is 305 g/mol. The van der Waals surface area contributed by atoms with E-state index in [2.05, 4.69) is 0 Å². The van der Waals surface area contributed by atoms with Crippen molar-refractivity contribution in [1.82, 2.24) is 4.90 Å². The van der Waals surface area contributed by atoms with E-state index in [0.717, 1.165) is 31.4 Å². The molecule has 0 aliphatic carbocycles. The van der Waals surface area contributed by atoms with Crippen LogP contribution in [0.3, 0.4) is 0 Å². The molecule has 1 amide bonds. The van der Waals surface area contributed by atoms with E-state index in [1.807, 2.05) is 0 Å². The summed E-state index contributed by atoms with van der Waals surface area (Å²) < 4.78 is 39.7. The van der Waals surface area contributed by atoms with Gasteiger partial charge in [-0.05, 0) is 37.3 Å². The van der Waals surface area contributed by atoms with E-state index >= 15 is 0 Å². The summed E-state index contributed by atoms with van der Waals surface area (Å²) in [7, 11) is 0. The topological polar surface area (TPSA) is 20.3 Å². The predicted octanol–water partition coefficient (Wildman–Crippen LogP) is 3.59. The van der Waals surface area contributed by atoms with Crippen molar-refractivity contribution in [1.29, 1.82) is 0 Å². The minimum Gasteiger partial charge on any atom is -0.338 e. The summed E-state index contributed by atoms with van der Waals surface area (Å²) in [6, 6.07) is 1.76. The molecule has 20 heavy (non-hydrogen) atoms. The molecule has 0 spiro atoms. The fraction of sp³-hybridized carbons (Fsp3) is 0.500. The predicted molar refractivity (Wildman–Crippen MR) is 70.3 cm³/mol. The van der Waals surface area contributed by atoms with Crippen molar-refractivity contribution in [2.45, 2.75) is 19.3 Å². The Hall–Kier alpha value is -1.23. The molecule has 1 atom stereocenters. The van der Waals surface area contributed by atoms with Crippen LogP contribution in [0.2, 0.25) is 0 Å². The van der Waals surface area contributed by atoms with Crippen molar-refractivity contribution in [2.24, 2.45) is 5.92 Å². The van der Waals surface area contributed by atoms with Gasteiger partial charge in [-0.2, -0.15) is 0 Å². The van der Waals surface area contributed by atoms with Crippen LogP contribution >= 0.6 is 11.6 Å². The van der Waals surface area contributed by atoms with E-state index in [1.54, 1.807) is 0 Å². The molecular weight excluding hydrogens is 291 g/mol. The van der Waals surface area contributed by atoms with Crippen LogP contribution in [0.15, 0.2) is 12.1 Å². The second-order valence-electron chi connectivity index (χ2n) is 4.96. The van der Waals surface area contributed by atoms with Crippen LogP contribution in [0.5, 0.6) is 0 Å². The van der Waals surface area contributed by atoms with E-state index in [1.165, 1.54) is 4.90 Å². The Morgan fingerprint density at radius 1 is 1.30 bits per heavy atom. The van der Waals surface area contributed by atoms with Gasteiger partial charge in [0.1, 0.15) is 0 Å². The van der Waals surface area contributed by atoms with E-state index in [4.69, 9.17) is 11.6 Å². The van der Waals surface area contributed by atoms with Gasteiger partial charge >= 0.3 is 0 Å². The molecular formula is C14H15ClF3NO. The number of likely N-dealkylation sites (tertiary alicyclic amines) is 1. The van der Waals surface area contributed by atoms with Gasteiger partial charge in [0.15, 0.2) is 17.5 Å². The third kappa shape index (κ3) is 3.08. The summed E-state index contributed by atoms with van der Waals surface area (Å²) in [5.41, 5.74) is -0.421. The maximum absolute atomic E-state index is 13.6. The molecule has 0 aromatic heterocycles. The Balaban J connectivity index is 2.17. The number of halogens is 4. The smallest absolute Gasteiger partial charge is 0.256 e. The number of nitrogens with zero attached hydrogens (tertiary/aromatic N) is 1. The summed E-state index contributed by atoms with van der Waals surface area (Å²) in [6.45, 7) is 0.972. The Morgan fingerprint density at radius 2 is 2.05 bits per heavy atom. The van der Waals surface area contributed by atoms with Crippen LogP contribution in [-0.2, 0) is 0 Å². The molecule has 1 fully saturated rings. The van der Waals surface area contributed by atoms with Gasteiger partial charge in [0.25, 0.3) is 5.91 Å². The first-order valence-electron chi connectivity index (χ1n) is 6.53. The van der Waals surface area contributed by atoms with Gasteiger partial charge in [0.05, 0.1) is 5.56 Å². The molecule has 2 rings (SSSR count). The van der Waals surface area contributed by atoms with E-state index in [9.17, 15) is 18.0 Å². The average molecular weight is 306 g/mol. The number of alkyl halides is 1. The number of carbonyl (C=O) groups is 1. The number of benzene rings is 1. The summed E-state index contributed by atoms with van der Waals surface area (Å²) in [5.74, 6) is -4.14. The van der Waals surface area contributed by atoms with Gasteiger partial charge in [-0.25, -0.2) is 13.2 Å². The fourth-order valence-corrected chi connectivity index (χ4v) is 2.81. The molecule has 1 saturated heterocycles. The van der Waals surface area contributed by atoms with Crippen molar-refractivity contribution in [3.05, 3.63) is 35.1 Å².